The molecule has 32 heavy (non-hydrogen) atoms. The Balaban J connectivity index is 1.88. The lowest BCUT2D eigenvalue weighted by molar-refractivity contribution is -0.119. The van der Waals surface area contributed by atoms with Crippen molar-refractivity contribution in [2.24, 2.45) is 0 Å². The first-order valence-corrected chi connectivity index (χ1v) is 10.9. The van der Waals surface area contributed by atoms with E-state index in [1.165, 1.54) is 7.11 Å². The van der Waals surface area contributed by atoms with Crippen LogP contribution in [0, 0.1) is 6.92 Å². The molecule has 0 aliphatic carbocycles. The van der Waals surface area contributed by atoms with Crippen molar-refractivity contribution in [2.45, 2.75) is 58.7 Å². The number of carbonyl (C=O) groups is 2. The van der Waals surface area contributed by atoms with Crippen LogP contribution in [0.3, 0.4) is 0 Å². The minimum absolute atomic E-state index is 0.00544. The average Bonchev–Trinajstić information content (AvgIpc) is 3.13. The van der Waals surface area contributed by atoms with E-state index in [0.29, 0.717) is 36.1 Å². The van der Waals surface area contributed by atoms with Gasteiger partial charge in [0.1, 0.15) is 10.8 Å². The average molecular weight is 461 g/mol. The van der Waals surface area contributed by atoms with Gasteiger partial charge in [-0.15, -0.1) is 0 Å². The Labute approximate surface area is 193 Å². The lowest BCUT2D eigenvalue weighted by Gasteiger charge is -2.29. The Morgan fingerprint density at radius 1 is 1.31 bits per heavy atom. The molecule has 1 aliphatic heterocycles. The molecular formula is C23H29ClN4O4. The van der Waals surface area contributed by atoms with E-state index in [-0.39, 0.29) is 18.5 Å². The lowest BCUT2D eigenvalue weighted by Crippen LogP contribution is -2.43. The molecule has 0 aromatic carbocycles. The van der Waals surface area contributed by atoms with Crippen LogP contribution in [0.1, 0.15) is 44.7 Å². The summed E-state index contributed by atoms with van der Waals surface area (Å²) in [6.45, 7) is 7.91. The summed E-state index contributed by atoms with van der Waals surface area (Å²) in [5.74, 6) is 0.396. The van der Waals surface area contributed by atoms with Crippen molar-refractivity contribution in [3.8, 4) is 17.1 Å². The third-order valence-corrected chi connectivity index (χ3v) is 5.47. The SMILES string of the molecule is COc1nc(-c2ccnc(Cl)c2C)ccc1CN(C[C@@H]1CCC(=O)N1)C(=O)OC(C)(C)C. The zero-order valence-electron chi connectivity index (χ0n) is 19.1. The van der Waals surface area contributed by atoms with Crippen LogP contribution in [0.5, 0.6) is 5.88 Å². The quantitative estimate of drug-likeness (QED) is 0.651. The number of nitrogens with zero attached hydrogens (tertiary/aromatic N) is 3. The van der Waals surface area contributed by atoms with E-state index >= 15 is 0 Å². The van der Waals surface area contributed by atoms with Crippen molar-refractivity contribution in [2.75, 3.05) is 13.7 Å². The molecule has 1 aliphatic rings. The van der Waals surface area contributed by atoms with Crippen LogP contribution in [0.2, 0.25) is 5.15 Å². The fourth-order valence-electron chi connectivity index (χ4n) is 3.52. The normalized spacial score (nSPS) is 15.9. The van der Waals surface area contributed by atoms with Crippen LogP contribution in [0.4, 0.5) is 4.79 Å². The zero-order valence-corrected chi connectivity index (χ0v) is 19.8. The van der Waals surface area contributed by atoms with Gasteiger partial charge in [-0.25, -0.2) is 14.8 Å². The van der Waals surface area contributed by atoms with Crippen LogP contribution in [-0.2, 0) is 16.1 Å². The smallest absolute Gasteiger partial charge is 0.410 e. The molecule has 2 aromatic rings. The van der Waals surface area contributed by atoms with Gasteiger partial charge in [-0.05, 0) is 57.9 Å². The van der Waals surface area contributed by atoms with Crippen molar-refractivity contribution in [1.29, 1.82) is 0 Å². The standard InChI is InChI=1S/C23H29ClN4O4/c1-14-17(10-11-25-20(14)24)18-8-6-15(21(27-18)31-5)12-28(22(30)32-23(2,3)4)13-16-7-9-19(29)26-16/h6,8,10-11,16H,7,9,12-13H2,1-5H3,(H,26,29)/t16-/m0/s1. The number of halogens is 1. The number of rotatable bonds is 6. The number of amides is 2. The Kier molecular flexibility index (Phi) is 7.23. The highest BCUT2D eigenvalue weighted by Crippen LogP contribution is 2.29. The van der Waals surface area contributed by atoms with Gasteiger partial charge in [0, 0.05) is 36.3 Å². The molecular weight excluding hydrogens is 432 g/mol. The van der Waals surface area contributed by atoms with Gasteiger partial charge in [0.15, 0.2) is 0 Å². The van der Waals surface area contributed by atoms with E-state index < -0.39 is 11.7 Å². The van der Waals surface area contributed by atoms with Gasteiger partial charge in [0.25, 0.3) is 0 Å². The van der Waals surface area contributed by atoms with Gasteiger partial charge in [-0.1, -0.05) is 11.6 Å². The van der Waals surface area contributed by atoms with E-state index in [0.717, 1.165) is 16.7 Å². The Morgan fingerprint density at radius 2 is 2.06 bits per heavy atom. The number of ether oxygens (including phenoxy) is 2. The fourth-order valence-corrected chi connectivity index (χ4v) is 3.68. The molecule has 0 unspecified atom stereocenters. The Morgan fingerprint density at radius 3 is 2.69 bits per heavy atom. The maximum Gasteiger partial charge on any atom is 0.410 e. The highest BCUT2D eigenvalue weighted by Gasteiger charge is 2.29. The number of hydrogen-bond donors (Lipinski definition) is 1. The first-order valence-electron chi connectivity index (χ1n) is 10.5. The molecule has 0 spiro atoms. The molecule has 1 saturated heterocycles. The Hall–Kier alpha value is -2.87. The maximum atomic E-state index is 12.9. The number of nitrogens with one attached hydrogen (secondary N) is 1. The second kappa shape index (κ2) is 9.73. The number of carbonyl (C=O) groups excluding carboxylic acids is 2. The highest BCUT2D eigenvalue weighted by atomic mass is 35.5. The molecule has 1 N–H and O–H groups in total. The summed E-state index contributed by atoms with van der Waals surface area (Å²) in [5, 5.41) is 3.32. The summed E-state index contributed by atoms with van der Waals surface area (Å²) in [6.07, 6.45) is 2.31. The van der Waals surface area contributed by atoms with Crippen LogP contribution in [0.25, 0.3) is 11.3 Å². The summed E-state index contributed by atoms with van der Waals surface area (Å²) >= 11 is 6.16. The molecule has 3 heterocycles. The van der Waals surface area contributed by atoms with Gasteiger partial charge in [0.2, 0.25) is 11.8 Å². The number of aromatic nitrogens is 2. The Bertz CT molecular complexity index is 1010. The van der Waals surface area contributed by atoms with Crippen molar-refractivity contribution in [1.82, 2.24) is 20.2 Å². The third-order valence-electron chi connectivity index (χ3n) is 5.09. The third kappa shape index (κ3) is 5.88. The van der Waals surface area contributed by atoms with E-state index in [1.807, 2.05) is 45.9 Å². The molecule has 9 heteroatoms. The predicted molar refractivity (Wildman–Crippen MR) is 122 cm³/mol. The van der Waals surface area contributed by atoms with Gasteiger partial charge < -0.3 is 19.7 Å². The van der Waals surface area contributed by atoms with Crippen LogP contribution in [0.15, 0.2) is 24.4 Å². The second-order valence-electron chi connectivity index (χ2n) is 8.80. The molecule has 1 atom stereocenters. The molecule has 0 bridgehead atoms. The van der Waals surface area contributed by atoms with Crippen LogP contribution in [-0.4, -0.2) is 52.2 Å². The molecule has 8 nitrogen and oxygen atoms in total. The summed E-state index contributed by atoms with van der Waals surface area (Å²) in [4.78, 5) is 34.8. The lowest BCUT2D eigenvalue weighted by atomic mass is 10.1. The molecule has 1 fully saturated rings. The van der Waals surface area contributed by atoms with E-state index in [9.17, 15) is 9.59 Å². The summed E-state index contributed by atoms with van der Waals surface area (Å²) < 4.78 is 11.1. The first-order chi connectivity index (χ1) is 15.1. The fraction of sp³-hybridized carbons (Fsp3) is 0.478. The largest absolute Gasteiger partial charge is 0.481 e. The first kappa shape index (κ1) is 23.8. The molecule has 0 radical (unpaired) electrons. The molecule has 0 saturated carbocycles. The number of hydrogen-bond acceptors (Lipinski definition) is 6. The minimum Gasteiger partial charge on any atom is -0.481 e. The predicted octanol–water partition coefficient (Wildman–Crippen LogP) is 4.13. The monoisotopic (exact) mass is 460 g/mol. The highest BCUT2D eigenvalue weighted by molar-refractivity contribution is 6.30. The summed E-state index contributed by atoms with van der Waals surface area (Å²) in [7, 11) is 1.54. The van der Waals surface area contributed by atoms with Crippen LogP contribution < -0.4 is 10.1 Å². The summed E-state index contributed by atoms with van der Waals surface area (Å²) in [5.41, 5.74) is 2.46. The van der Waals surface area contributed by atoms with Gasteiger partial charge in [0.05, 0.1) is 19.3 Å². The molecule has 3 rings (SSSR count). The van der Waals surface area contributed by atoms with Crippen molar-refractivity contribution < 1.29 is 19.1 Å². The number of methoxy groups -OCH3 is 1. The molecule has 172 valence electrons. The van der Waals surface area contributed by atoms with E-state index in [4.69, 9.17) is 21.1 Å². The topological polar surface area (TPSA) is 93.7 Å². The maximum absolute atomic E-state index is 12.9. The summed E-state index contributed by atoms with van der Waals surface area (Å²) in [6, 6.07) is 5.47. The van der Waals surface area contributed by atoms with Crippen molar-refractivity contribution in [3.05, 3.63) is 40.7 Å². The second-order valence-corrected chi connectivity index (χ2v) is 9.16. The molecule has 2 amide bonds. The van der Waals surface area contributed by atoms with Gasteiger partial charge in [-0.3, -0.25) is 4.79 Å². The van der Waals surface area contributed by atoms with E-state index in [2.05, 4.69) is 15.3 Å². The van der Waals surface area contributed by atoms with Gasteiger partial charge >= 0.3 is 6.09 Å². The van der Waals surface area contributed by atoms with Gasteiger partial charge in [-0.2, -0.15) is 0 Å². The van der Waals surface area contributed by atoms with Crippen molar-refractivity contribution >= 4 is 23.6 Å². The van der Waals surface area contributed by atoms with E-state index in [1.54, 1.807) is 11.1 Å². The molecule has 2 aromatic heterocycles. The minimum atomic E-state index is -0.640. The van der Waals surface area contributed by atoms with Crippen molar-refractivity contribution in [3.63, 3.8) is 0 Å². The van der Waals surface area contributed by atoms with Crippen LogP contribution >= 0.6 is 11.6 Å². The zero-order chi connectivity index (χ0) is 23.5. The number of pyridine rings is 2.